The molecule has 4 fully saturated rings. The Kier molecular flexibility index (Phi) is 4.06. The first-order valence-electron chi connectivity index (χ1n) is 10.6. The molecule has 4 saturated carbocycles. The van der Waals surface area contributed by atoms with Crippen molar-refractivity contribution < 1.29 is 9.63 Å². The predicted molar refractivity (Wildman–Crippen MR) is 102 cm³/mol. The molecule has 146 valence electrons. The van der Waals surface area contributed by atoms with E-state index in [1.807, 2.05) is 17.8 Å². The van der Waals surface area contributed by atoms with Crippen LogP contribution in [-0.4, -0.2) is 34.0 Å². The molecule has 2 heterocycles. The molecule has 1 amide bonds. The Bertz CT molecular complexity index is 746. The summed E-state index contributed by atoms with van der Waals surface area (Å²) in [6.45, 7) is 5.75. The van der Waals surface area contributed by atoms with Gasteiger partial charge in [0.05, 0.1) is 11.9 Å². The van der Waals surface area contributed by atoms with Gasteiger partial charge >= 0.3 is 0 Å². The first-order chi connectivity index (χ1) is 13.0. The average Bonchev–Trinajstić information content (AvgIpc) is 3.25. The number of rotatable bonds is 5. The minimum Gasteiger partial charge on any atom is -0.382 e. The minimum absolute atomic E-state index is 0.00923. The summed E-state index contributed by atoms with van der Waals surface area (Å²) in [6.07, 6.45) is 10.1. The maximum atomic E-state index is 12.7. The van der Waals surface area contributed by atoms with E-state index in [4.69, 9.17) is 4.84 Å². The number of nitrogens with one attached hydrogen (secondary N) is 1. The summed E-state index contributed by atoms with van der Waals surface area (Å²) in [6, 6.07) is 0. The normalized spacial score (nSPS) is 36.6. The highest BCUT2D eigenvalue weighted by Gasteiger charge is 2.51. The predicted octanol–water partition coefficient (Wildman–Crippen LogP) is 3.04. The summed E-state index contributed by atoms with van der Waals surface area (Å²) >= 11 is 0. The van der Waals surface area contributed by atoms with Crippen molar-refractivity contribution >= 4 is 11.6 Å². The summed E-state index contributed by atoms with van der Waals surface area (Å²) in [4.78, 5) is 18.2. The van der Waals surface area contributed by atoms with Crippen molar-refractivity contribution in [2.24, 2.45) is 28.3 Å². The maximum Gasteiger partial charge on any atom is 0.264 e. The van der Waals surface area contributed by atoms with Gasteiger partial charge in [-0.25, -0.2) is 0 Å². The molecule has 5 aliphatic rings. The van der Waals surface area contributed by atoms with Crippen molar-refractivity contribution in [1.29, 1.82) is 0 Å². The highest BCUT2D eigenvalue weighted by atomic mass is 16.6. The first-order valence-corrected chi connectivity index (χ1v) is 10.6. The van der Waals surface area contributed by atoms with Crippen LogP contribution in [0.1, 0.15) is 63.1 Å². The molecule has 1 atom stereocenters. The highest BCUT2D eigenvalue weighted by Crippen LogP contribution is 2.59. The summed E-state index contributed by atoms with van der Waals surface area (Å²) in [5.74, 6) is 2.71. The van der Waals surface area contributed by atoms with Crippen molar-refractivity contribution in [1.82, 2.24) is 15.1 Å². The number of hydrogen-bond donors (Lipinski definition) is 1. The van der Waals surface area contributed by atoms with Crippen molar-refractivity contribution in [2.45, 2.75) is 71.4 Å². The summed E-state index contributed by atoms with van der Waals surface area (Å²) in [7, 11) is 0. The number of aromatic nitrogens is 2. The molecule has 1 aliphatic heterocycles. The Morgan fingerprint density at radius 1 is 1.26 bits per heavy atom. The van der Waals surface area contributed by atoms with Crippen LogP contribution in [0.3, 0.4) is 0 Å². The number of amides is 1. The van der Waals surface area contributed by atoms with E-state index in [1.165, 1.54) is 38.5 Å². The van der Waals surface area contributed by atoms with E-state index in [1.54, 1.807) is 0 Å². The fourth-order valence-electron chi connectivity index (χ4n) is 6.62. The van der Waals surface area contributed by atoms with Crippen molar-refractivity contribution in [3.05, 3.63) is 17.5 Å². The SMILES string of the molecule is CCn1ncc(C2=NO[C@@H](C(=O)NCC34CC5CC(CC(C5)C3)C4)C2)c1C. The molecule has 6 heteroatoms. The number of aryl methyl sites for hydroxylation is 1. The molecular weight excluding hydrogens is 340 g/mol. The van der Waals surface area contributed by atoms with Gasteiger partial charge in [-0.05, 0) is 75.5 Å². The Balaban J connectivity index is 1.19. The van der Waals surface area contributed by atoms with E-state index in [9.17, 15) is 4.79 Å². The molecule has 0 spiro atoms. The number of carbonyl (C=O) groups is 1. The van der Waals surface area contributed by atoms with Crippen LogP contribution in [0.25, 0.3) is 0 Å². The standard InChI is InChI=1S/C21H30N4O2/c1-3-25-13(2)17(11-23-25)18-7-19(27-24-18)20(26)22-12-21-8-14-4-15(9-21)6-16(5-14)10-21/h11,14-16,19H,3-10,12H2,1-2H3,(H,22,26)/t14?,15?,16?,19-,21?/m1/s1. The number of hydrogen-bond acceptors (Lipinski definition) is 4. The van der Waals surface area contributed by atoms with Gasteiger partial charge in [0.1, 0.15) is 0 Å². The second-order valence-corrected chi connectivity index (χ2v) is 9.43. The van der Waals surface area contributed by atoms with Gasteiger partial charge in [-0.1, -0.05) is 5.16 Å². The Labute approximate surface area is 160 Å². The lowest BCUT2D eigenvalue weighted by Gasteiger charge is -2.56. The van der Waals surface area contributed by atoms with E-state index in [0.29, 0.717) is 11.8 Å². The van der Waals surface area contributed by atoms with Crippen LogP contribution in [0.15, 0.2) is 11.4 Å². The second-order valence-electron chi connectivity index (χ2n) is 9.43. The van der Waals surface area contributed by atoms with Crippen LogP contribution < -0.4 is 5.32 Å². The lowest BCUT2D eigenvalue weighted by molar-refractivity contribution is -0.133. The number of nitrogens with zero attached hydrogens (tertiary/aromatic N) is 3. The smallest absolute Gasteiger partial charge is 0.264 e. The molecule has 0 unspecified atom stereocenters. The van der Waals surface area contributed by atoms with Gasteiger partial charge in [0.25, 0.3) is 5.91 Å². The third-order valence-electron chi connectivity index (χ3n) is 7.48. The van der Waals surface area contributed by atoms with E-state index in [-0.39, 0.29) is 5.91 Å². The summed E-state index contributed by atoms with van der Waals surface area (Å²) < 4.78 is 1.94. The topological polar surface area (TPSA) is 68.5 Å². The molecule has 6 rings (SSSR count). The van der Waals surface area contributed by atoms with Crippen molar-refractivity contribution in [3.8, 4) is 0 Å². The molecule has 1 aromatic heterocycles. The van der Waals surface area contributed by atoms with Gasteiger partial charge < -0.3 is 10.2 Å². The van der Waals surface area contributed by atoms with Gasteiger partial charge in [0.15, 0.2) is 0 Å². The van der Waals surface area contributed by atoms with Gasteiger partial charge in [0, 0.05) is 30.8 Å². The molecule has 4 aliphatic carbocycles. The summed E-state index contributed by atoms with van der Waals surface area (Å²) in [5.41, 5.74) is 3.26. The number of oxime groups is 1. The third-order valence-corrected chi connectivity index (χ3v) is 7.48. The Morgan fingerprint density at radius 2 is 1.93 bits per heavy atom. The second kappa shape index (κ2) is 6.35. The molecule has 4 bridgehead atoms. The zero-order chi connectivity index (χ0) is 18.6. The minimum atomic E-state index is -0.502. The molecule has 1 aromatic rings. The van der Waals surface area contributed by atoms with Crippen LogP contribution in [0, 0.1) is 30.1 Å². The third kappa shape index (κ3) is 2.97. The van der Waals surface area contributed by atoms with Crippen LogP contribution in [-0.2, 0) is 16.2 Å². The van der Waals surface area contributed by atoms with Crippen LogP contribution >= 0.6 is 0 Å². The van der Waals surface area contributed by atoms with E-state index in [0.717, 1.165) is 47.8 Å². The Morgan fingerprint density at radius 3 is 2.52 bits per heavy atom. The van der Waals surface area contributed by atoms with Crippen LogP contribution in [0.4, 0.5) is 0 Å². The quantitative estimate of drug-likeness (QED) is 0.866. The van der Waals surface area contributed by atoms with Crippen LogP contribution in [0.2, 0.25) is 0 Å². The maximum absolute atomic E-state index is 12.7. The van der Waals surface area contributed by atoms with Crippen molar-refractivity contribution in [3.63, 3.8) is 0 Å². The first kappa shape index (κ1) is 17.3. The fourth-order valence-corrected chi connectivity index (χ4v) is 6.62. The molecule has 0 saturated heterocycles. The zero-order valence-corrected chi connectivity index (χ0v) is 16.4. The zero-order valence-electron chi connectivity index (χ0n) is 16.4. The van der Waals surface area contributed by atoms with Gasteiger partial charge in [-0.3, -0.25) is 9.48 Å². The lowest BCUT2D eigenvalue weighted by atomic mass is 9.49. The van der Waals surface area contributed by atoms with Gasteiger partial charge in [0.2, 0.25) is 6.10 Å². The van der Waals surface area contributed by atoms with Gasteiger partial charge in [-0.2, -0.15) is 5.10 Å². The lowest BCUT2D eigenvalue weighted by Crippen LogP contribution is -2.52. The molecule has 0 aromatic carbocycles. The average molecular weight is 370 g/mol. The van der Waals surface area contributed by atoms with Crippen molar-refractivity contribution in [2.75, 3.05) is 6.54 Å². The molecular formula is C21H30N4O2. The molecule has 0 radical (unpaired) electrons. The molecule has 1 N–H and O–H groups in total. The fraction of sp³-hybridized carbons (Fsp3) is 0.762. The summed E-state index contributed by atoms with van der Waals surface area (Å²) in [5, 5.41) is 11.8. The van der Waals surface area contributed by atoms with E-state index >= 15 is 0 Å². The Hall–Kier alpha value is -1.85. The van der Waals surface area contributed by atoms with Crippen LogP contribution in [0.5, 0.6) is 0 Å². The highest BCUT2D eigenvalue weighted by molar-refractivity contribution is 6.04. The molecule has 6 nitrogen and oxygen atoms in total. The van der Waals surface area contributed by atoms with Gasteiger partial charge in [-0.15, -0.1) is 0 Å². The number of carbonyl (C=O) groups excluding carboxylic acids is 1. The van der Waals surface area contributed by atoms with E-state index in [2.05, 4.69) is 22.5 Å². The monoisotopic (exact) mass is 370 g/mol. The largest absolute Gasteiger partial charge is 0.382 e. The van der Waals surface area contributed by atoms with E-state index < -0.39 is 6.10 Å². The molecule has 27 heavy (non-hydrogen) atoms.